The highest BCUT2D eigenvalue weighted by atomic mass is 19.4. The van der Waals surface area contributed by atoms with Crippen molar-refractivity contribution in [2.24, 2.45) is 5.73 Å². The van der Waals surface area contributed by atoms with E-state index in [4.69, 9.17) is 5.73 Å². The summed E-state index contributed by atoms with van der Waals surface area (Å²) in [5.74, 6) is -0.595. The van der Waals surface area contributed by atoms with E-state index in [2.05, 4.69) is 10.2 Å². The molecule has 2 heterocycles. The van der Waals surface area contributed by atoms with Crippen molar-refractivity contribution in [3.05, 3.63) is 59.3 Å². The number of halogens is 3. The van der Waals surface area contributed by atoms with Gasteiger partial charge in [-0.25, -0.2) is 0 Å². The summed E-state index contributed by atoms with van der Waals surface area (Å²) < 4.78 is 39.5. The molecule has 4 rings (SSSR count). The summed E-state index contributed by atoms with van der Waals surface area (Å²) in [6.45, 7) is 0.405. The van der Waals surface area contributed by atoms with Gasteiger partial charge in [-0.2, -0.15) is 18.3 Å². The van der Waals surface area contributed by atoms with E-state index in [1.54, 1.807) is 23.1 Å². The van der Waals surface area contributed by atoms with Gasteiger partial charge >= 0.3 is 6.18 Å². The van der Waals surface area contributed by atoms with Gasteiger partial charge in [-0.05, 0) is 29.8 Å². The Morgan fingerprint density at radius 3 is 2.77 bits per heavy atom. The molecular formula is C18H13F3N4O. The maximum Gasteiger partial charge on any atom is 0.433 e. The summed E-state index contributed by atoms with van der Waals surface area (Å²) in [6.07, 6.45) is -0.807. The molecule has 1 amide bonds. The lowest BCUT2D eigenvalue weighted by atomic mass is 10.0. The molecule has 0 spiro atoms. The van der Waals surface area contributed by atoms with Crippen LogP contribution < -0.4 is 10.6 Å². The summed E-state index contributed by atoms with van der Waals surface area (Å²) in [7, 11) is 0. The highest BCUT2D eigenvalue weighted by Gasteiger charge is 2.35. The number of amides is 1. The smallest absolute Gasteiger partial charge is 0.366 e. The molecular weight excluding hydrogens is 345 g/mol. The number of H-pyrrole nitrogens is 1. The average molecular weight is 358 g/mol. The second kappa shape index (κ2) is 5.62. The number of nitrogens with one attached hydrogen (secondary N) is 1. The molecule has 26 heavy (non-hydrogen) atoms. The van der Waals surface area contributed by atoms with Crippen LogP contribution in [0.4, 0.5) is 24.5 Å². The van der Waals surface area contributed by atoms with Gasteiger partial charge in [0.05, 0.1) is 16.8 Å². The lowest BCUT2D eigenvalue weighted by Gasteiger charge is -2.30. The van der Waals surface area contributed by atoms with Gasteiger partial charge in [0.2, 0.25) is 0 Å². The van der Waals surface area contributed by atoms with Crippen molar-refractivity contribution in [3.8, 4) is 0 Å². The fourth-order valence-electron chi connectivity index (χ4n) is 3.19. The molecule has 1 aliphatic heterocycles. The first-order chi connectivity index (χ1) is 12.4. The van der Waals surface area contributed by atoms with Gasteiger partial charge in [0.15, 0.2) is 0 Å². The molecule has 0 saturated carbocycles. The molecule has 1 aliphatic rings. The number of para-hydroxylation sites is 1. The second-order valence-electron chi connectivity index (χ2n) is 5.92. The van der Waals surface area contributed by atoms with Crippen LogP contribution in [0.1, 0.15) is 21.6 Å². The standard InChI is InChI=1S/C18H13F3N4O/c19-18(20,21)16-13-9-11(6-7-14(13)23-24-16)25-8-2-4-10-3-1-5-12(15(10)25)17(22)26/h1-7,9H,8H2,(H2,22,26)(H,23,24). The Bertz CT molecular complexity index is 1050. The molecule has 0 atom stereocenters. The molecule has 2 aromatic carbocycles. The number of rotatable bonds is 2. The van der Waals surface area contributed by atoms with E-state index < -0.39 is 17.8 Å². The molecule has 0 unspecified atom stereocenters. The van der Waals surface area contributed by atoms with Crippen LogP contribution in [-0.2, 0) is 6.18 Å². The van der Waals surface area contributed by atoms with Crippen LogP contribution in [0.3, 0.4) is 0 Å². The van der Waals surface area contributed by atoms with E-state index in [1.165, 1.54) is 12.1 Å². The number of hydrogen-bond acceptors (Lipinski definition) is 3. The van der Waals surface area contributed by atoms with Gasteiger partial charge in [0.1, 0.15) is 5.69 Å². The van der Waals surface area contributed by atoms with E-state index in [9.17, 15) is 18.0 Å². The van der Waals surface area contributed by atoms with E-state index in [0.29, 0.717) is 23.5 Å². The largest absolute Gasteiger partial charge is 0.433 e. The first-order valence-electron chi connectivity index (χ1n) is 7.78. The van der Waals surface area contributed by atoms with Crippen LogP contribution in [0.5, 0.6) is 0 Å². The van der Waals surface area contributed by atoms with Crippen molar-refractivity contribution in [3.63, 3.8) is 0 Å². The fourth-order valence-corrected chi connectivity index (χ4v) is 3.19. The number of hydrogen-bond donors (Lipinski definition) is 2. The van der Waals surface area contributed by atoms with Crippen molar-refractivity contribution in [2.75, 3.05) is 11.4 Å². The quantitative estimate of drug-likeness (QED) is 0.731. The summed E-state index contributed by atoms with van der Waals surface area (Å²) in [5, 5.41) is 5.74. The average Bonchev–Trinajstić information content (AvgIpc) is 3.04. The number of nitrogens with zero attached hydrogens (tertiary/aromatic N) is 2. The molecule has 3 aromatic rings. The van der Waals surface area contributed by atoms with Gasteiger partial charge in [-0.15, -0.1) is 0 Å². The molecule has 0 radical (unpaired) electrons. The number of alkyl halides is 3. The number of nitrogens with two attached hydrogens (primary N) is 1. The third-order valence-electron chi connectivity index (χ3n) is 4.32. The first-order valence-corrected chi connectivity index (χ1v) is 7.78. The van der Waals surface area contributed by atoms with Crippen LogP contribution in [0.15, 0.2) is 42.5 Å². The number of aromatic amines is 1. The summed E-state index contributed by atoms with van der Waals surface area (Å²) in [6, 6.07) is 9.74. The summed E-state index contributed by atoms with van der Waals surface area (Å²) in [5.41, 5.74) is 6.99. The second-order valence-corrected chi connectivity index (χ2v) is 5.92. The Kier molecular flexibility index (Phi) is 3.50. The number of anilines is 2. The normalized spacial score (nSPS) is 13.9. The minimum absolute atomic E-state index is 0.0253. The zero-order chi connectivity index (χ0) is 18.5. The van der Waals surface area contributed by atoms with E-state index in [0.717, 1.165) is 5.56 Å². The Morgan fingerprint density at radius 2 is 2.04 bits per heavy atom. The molecule has 1 aromatic heterocycles. The van der Waals surface area contributed by atoms with Crippen molar-refractivity contribution < 1.29 is 18.0 Å². The van der Waals surface area contributed by atoms with Crippen LogP contribution in [0.2, 0.25) is 0 Å². The van der Waals surface area contributed by atoms with Crippen LogP contribution in [0.25, 0.3) is 17.0 Å². The van der Waals surface area contributed by atoms with Gasteiger partial charge < -0.3 is 10.6 Å². The molecule has 0 fully saturated rings. The van der Waals surface area contributed by atoms with E-state index in [1.807, 2.05) is 18.2 Å². The van der Waals surface area contributed by atoms with E-state index in [-0.39, 0.29) is 10.9 Å². The molecule has 5 nitrogen and oxygen atoms in total. The number of benzene rings is 2. The third kappa shape index (κ3) is 2.50. The summed E-state index contributed by atoms with van der Waals surface area (Å²) >= 11 is 0. The first kappa shape index (κ1) is 16.2. The van der Waals surface area contributed by atoms with Crippen molar-refractivity contribution in [1.29, 1.82) is 0 Å². The predicted octanol–water partition coefficient (Wildman–Crippen LogP) is 3.85. The monoisotopic (exact) mass is 358 g/mol. The lowest BCUT2D eigenvalue weighted by Crippen LogP contribution is -2.25. The van der Waals surface area contributed by atoms with Gasteiger partial charge in [-0.3, -0.25) is 9.89 Å². The number of aromatic nitrogens is 2. The number of carbonyl (C=O) groups is 1. The van der Waals surface area contributed by atoms with E-state index >= 15 is 0 Å². The van der Waals surface area contributed by atoms with Gasteiger partial charge in [0, 0.05) is 17.6 Å². The highest BCUT2D eigenvalue weighted by Crippen LogP contribution is 2.39. The van der Waals surface area contributed by atoms with Crippen LogP contribution >= 0.6 is 0 Å². The van der Waals surface area contributed by atoms with Crippen LogP contribution in [0, 0.1) is 0 Å². The minimum atomic E-state index is -4.54. The molecule has 3 N–H and O–H groups in total. The van der Waals surface area contributed by atoms with Crippen LogP contribution in [-0.4, -0.2) is 22.6 Å². The molecule has 0 bridgehead atoms. The third-order valence-corrected chi connectivity index (χ3v) is 4.32. The number of primary amides is 1. The van der Waals surface area contributed by atoms with Crippen molar-refractivity contribution >= 4 is 34.3 Å². The molecule has 132 valence electrons. The Morgan fingerprint density at radius 1 is 1.23 bits per heavy atom. The predicted molar refractivity (Wildman–Crippen MR) is 92.1 cm³/mol. The fraction of sp³-hybridized carbons (Fsp3) is 0.111. The SMILES string of the molecule is NC(=O)c1cccc2c1N(c1ccc3n[nH]c(C(F)(F)F)c3c1)CC=C2. The maximum absolute atomic E-state index is 13.2. The molecule has 8 heteroatoms. The highest BCUT2D eigenvalue weighted by molar-refractivity contribution is 6.02. The lowest BCUT2D eigenvalue weighted by molar-refractivity contribution is -0.139. The Hall–Kier alpha value is -3.29. The Labute approximate surface area is 145 Å². The summed E-state index contributed by atoms with van der Waals surface area (Å²) in [4.78, 5) is 13.6. The number of carbonyl (C=O) groups excluding carboxylic acids is 1. The minimum Gasteiger partial charge on any atom is -0.366 e. The van der Waals surface area contributed by atoms with Crippen molar-refractivity contribution in [1.82, 2.24) is 10.2 Å². The van der Waals surface area contributed by atoms with Gasteiger partial charge in [0.25, 0.3) is 5.91 Å². The maximum atomic E-state index is 13.2. The molecule has 0 aliphatic carbocycles. The Balaban J connectivity index is 1.90. The zero-order valence-corrected chi connectivity index (χ0v) is 13.3. The van der Waals surface area contributed by atoms with Gasteiger partial charge in [-0.1, -0.05) is 24.3 Å². The van der Waals surface area contributed by atoms with Crippen molar-refractivity contribution in [2.45, 2.75) is 6.18 Å². The molecule has 0 saturated heterocycles. The number of fused-ring (bicyclic) bond motifs is 2. The topological polar surface area (TPSA) is 75.0 Å². The zero-order valence-electron chi connectivity index (χ0n) is 13.3.